The van der Waals surface area contributed by atoms with E-state index in [0.29, 0.717) is 24.6 Å². The Balaban J connectivity index is 2.13. The number of nitrogens with two attached hydrogens (primary N) is 1. The van der Waals surface area contributed by atoms with Gasteiger partial charge in [-0.2, -0.15) is 0 Å². The largest absolute Gasteiger partial charge is 0.389 e. The third-order valence-corrected chi connectivity index (χ3v) is 5.59. The fourth-order valence-corrected chi connectivity index (χ4v) is 3.89. The molecular formula is C14H20N2O2S2. The predicted molar refractivity (Wildman–Crippen MR) is 84.9 cm³/mol. The van der Waals surface area contributed by atoms with Crippen molar-refractivity contribution in [3.63, 3.8) is 0 Å². The molecule has 0 spiro atoms. The summed E-state index contributed by atoms with van der Waals surface area (Å²) in [6.07, 6.45) is 2.28. The van der Waals surface area contributed by atoms with Gasteiger partial charge in [-0.15, -0.1) is 0 Å². The Labute approximate surface area is 126 Å². The zero-order chi connectivity index (χ0) is 14.8. The Bertz CT molecular complexity index is 595. The highest BCUT2D eigenvalue weighted by molar-refractivity contribution is 7.88. The highest BCUT2D eigenvalue weighted by Crippen LogP contribution is 2.30. The van der Waals surface area contributed by atoms with Crippen LogP contribution in [0.5, 0.6) is 0 Å². The molecule has 0 bridgehead atoms. The second kappa shape index (κ2) is 6.20. The molecule has 0 amide bonds. The fraction of sp³-hybridized carbons (Fsp3) is 0.500. The second-order valence-electron chi connectivity index (χ2n) is 5.21. The molecule has 1 saturated carbocycles. The van der Waals surface area contributed by atoms with Gasteiger partial charge in [0.25, 0.3) is 0 Å². The summed E-state index contributed by atoms with van der Waals surface area (Å²) in [5.74, 6) is 0.553. The molecule has 0 unspecified atom stereocenters. The first-order valence-electron chi connectivity index (χ1n) is 6.79. The van der Waals surface area contributed by atoms with E-state index in [2.05, 4.69) is 0 Å². The van der Waals surface area contributed by atoms with Crippen LogP contribution in [0, 0.1) is 5.92 Å². The number of rotatable bonds is 7. The molecule has 2 N–H and O–H groups in total. The minimum Gasteiger partial charge on any atom is -0.389 e. The van der Waals surface area contributed by atoms with Gasteiger partial charge in [0.05, 0.1) is 5.75 Å². The lowest BCUT2D eigenvalue weighted by Crippen LogP contribution is -2.33. The van der Waals surface area contributed by atoms with Gasteiger partial charge in [0.2, 0.25) is 10.0 Å². The quantitative estimate of drug-likeness (QED) is 0.781. The highest BCUT2D eigenvalue weighted by atomic mass is 32.2. The van der Waals surface area contributed by atoms with Gasteiger partial charge < -0.3 is 5.73 Å². The summed E-state index contributed by atoms with van der Waals surface area (Å²) in [6, 6.07) is 7.13. The first kappa shape index (κ1) is 15.4. The standard InChI is InChI=1S/C14H20N2O2S2/c1-2-16(9-11-6-7-11)20(17,18)10-12-4-3-5-13(8-12)14(15)19/h3-5,8,11H,2,6-7,9-10H2,1H3,(H2,15,19). The van der Waals surface area contributed by atoms with Crippen LogP contribution in [-0.2, 0) is 15.8 Å². The minimum absolute atomic E-state index is 0.00398. The molecule has 0 heterocycles. The van der Waals surface area contributed by atoms with Crippen molar-refractivity contribution in [1.29, 1.82) is 0 Å². The van der Waals surface area contributed by atoms with E-state index in [4.69, 9.17) is 18.0 Å². The van der Waals surface area contributed by atoms with Crippen molar-refractivity contribution in [3.05, 3.63) is 35.4 Å². The van der Waals surface area contributed by atoms with Crippen molar-refractivity contribution in [2.45, 2.75) is 25.5 Å². The van der Waals surface area contributed by atoms with Crippen LogP contribution in [0.15, 0.2) is 24.3 Å². The Morgan fingerprint density at radius 2 is 2.15 bits per heavy atom. The number of sulfonamides is 1. The molecule has 1 aliphatic carbocycles. The molecule has 1 aromatic rings. The van der Waals surface area contributed by atoms with Gasteiger partial charge in [-0.25, -0.2) is 12.7 Å². The number of hydrogen-bond donors (Lipinski definition) is 1. The lowest BCUT2D eigenvalue weighted by molar-refractivity contribution is 0.411. The molecule has 0 atom stereocenters. The summed E-state index contributed by atoms with van der Waals surface area (Å²) >= 11 is 4.92. The van der Waals surface area contributed by atoms with Crippen molar-refractivity contribution in [2.75, 3.05) is 13.1 Å². The summed E-state index contributed by atoms with van der Waals surface area (Å²) in [7, 11) is -3.27. The van der Waals surface area contributed by atoms with E-state index in [1.807, 2.05) is 6.92 Å². The van der Waals surface area contributed by atoms with Gasteiger partial charge in [-0.05, 0) is 30.4 Å². The second-order valence-corrected chi connectivity index (χ2v) is 7.62. The van der Waals surface area contributed by atoms with E-state index in [0.717, 1.165) is 18.4 Å². The first-order valence-corrected chi connectivity index (χ1v) is 8.80. The van der Waals surface area contributed by atoms with Crippen LogP contribution in [0.1, 0.15) is 30.9 Å². The third-order valence-electron chi connectivity index (χ3n) is 3.47. The fourth-order valence-electron chi connectivity index (χ4n) is 2.14. The first-order chi connectivity index (χ1) is 9.42. The van der Waals surface area contributed by atoms with Gasteiger partial charge in [-0.3, -0.25) is 0 Å². The number of benzene rings is 1. The van der Waals surface area contributed by atoms with E-state index in [9.17, 15) is 8.42 Å². The van der Waals surface area contributed by atoms with Crippen LogP contribution in [0.25, 0.3) is 0 Å². The lowest BCUT2D eigenvalue weighted by atomic mass is 10.1. The maximum absolute atomic E-state index is 12.4. The zero-order valence-electron chi connectivity index (χ0n) is 11.6. The Morgan fingerprint density at radius 3 is 2.70 bits per heavy atom. The monoisotopic (exact) mass is 312 g/mol. The lowest BCUT2D eigenvalue weighted by Gasteiger charge is -2.20. The van der Waals surface area contributed by atoms with Crippen LogP contribution >= 0.6 is 12.2 Å². The molecule has 20 heavy (non-hydrogen) atoms. The van der Waals surface area contributed by atoms with Gasteiger partial charge in [0, 0.05) is 18.7 Å². The third kappa shape index (κ3) is 4.01. The van der Waals surface area contributed by atoms with Crippen molar-refractivity contribution >= 4 is 27.2 Å². The molecule has 0 aromatic heterocycles. The maximum Gasteiger partial charge on any atom is 0.218 e. The smallest absolute Gasteiger partial charge is 0.218 e. The normalized spacial score (nSPS) is 15.5. The van der Waals surface area contributed by atoms with E-state index < -0.39 is 10.0 Å². The molecular weight excluding hydrogens is 292 g/mol. The van der Waals surface area contributed by atoms with Crippen LogP contribution < -0.4 is 5.73 Å². The van der Waals surface area contributed by atoms with Gasteiger partial charge in [0.1, 0.15) is 4.99 Å². The average Bonchev–Trinajstić information content (AvgIpc) is 3.19. The number of hydrogen-bond acceptors (Lipinski definition) is 3. The molecule has 4 nitrogen and oxygen atoms in total. The predicted octanol–water partition coefficient (Wildman–Crippen LogP) is 1.88. The average molecular weight is 312 g/mol. The molecule has 1 aliphatic rings. The molecule has 1 aromatic carbocycles. The SMILES string of the molecule is CCN(CC1CC1)S(=O)(=O)Cc1cccc(C(N)=S)c1. The number of thiocarbonyl (C=S) groups is 1. The van der Waals surface area contributed by atoms with Gasteiger partial charge >= 0.3 is 0 Å². The van der Waals surface area contributed by atoms with Crippen LogP contribution in [0.2, 0.25) is 0 Å². The van der Waals surface area contributed by atoms with E-state index in [1.165, 1.54) is 0 Å². The van der Waals surface area contributed by atoms with Crippen LogP contribution in [-0.4, -0.2) is 30.8 Å². The van der Waals surface area contributed by atoms with Gasteiger partial charge in [-0.1, -0.05) is 37.3 Å². The zero-order valence-corrected chi connectivity index (χ0v) is 13.2. The van der Waals surface area contributed by atoms with Crippen molar-refractivity contribution in [3.8, 4) is 0 Å². The van der Waals surface area contributed by atoms with E-state index >= 15 is 0 Å². The molecule has 0 saturated heterocycles. The Kier molecular flexibility index (Phi) is 4.78. The van der Waals surface area contributed by atoms with Crippen molar-refractivity contribution < 1.29 is 8.42 Å². The number of nitrogens with zero attached hydrogens (tertiary/aromatic N) is 1. The summed E-state index contributed by atoms with van der Waals surface area (Å²) < 4.78 is 26.5. The molecule has 0 aliphatic heterocycles. The van der Waals surface area contributed by atoms with Crippen molar-refractivity contribution in [2.24, 2.45) is 11.7 Å². The van der Waals surface area contributed by atoms with Gasteiger partial charge in [0.15, 0.2) is 0 Å². The molecule has 110 valence electrons. The highest BCUT2D eigenvalue weighted by Gasteiger charge is 2.29. The summed E-state index contributed by atoms with van der Waals surface area (Å²) in [6.45, 7) is 3.05. The summed E-state index contributed by atoms with van der Waals surface area (Å²) in [5, 5.41) is 0. The van der Waals surface area contributed by atoms with Crippen LogP contribution in [0.4, 0.5) is 0 Å². The van der Waals surface area contributed by atoms with E-state index in [-0.39, 0.29) is 10.7 Å². The minimum atomic E-state index is -3.27. The Morgan fingerprint density at radius 1 is 1.45 bits per heavy atom. The van der Waals surface area contributed by atoms with Crippen molar-refractivity contribution in [1.82, 2.24) is 4.31 Å². The molecule has 0 radical (unpaired) electrons. The molecule has 6 heteroatoms. The van der Waals surface area contributed by atoms with Crippen LogP contribution in [0.3, 0.4) is 0 Å². The Hall–Kier alpha value is -0.980. The molecule has 1 fully saturated rings. The molecule has 2 rings (SSSR count). The summed E-state index contributed by atoms with van der Waals surface area (Å²) in [5.41, 5.74) is 7.01. The van der Waals surface area contributed by atoms with E-state index in [1.54, 1.807) is 28.6 Å². The summed E-state index contributed by atoms with van der Waals surface area (Å²) in [4.78, 5) is 0.287. The topological polar surface area (TPSA) is 63.4 Å². The maximum atomic E-state index is 12.4.